The number of pyridine rings is 1. The molecule has 1 saturated carbocycles. The van der Waals surface area contributed by atoms with E-state index in [1.54, 1.807) is 12.4 Å². The minimum atomic E-state index is 0.0887. The molecule has 1 aliphatic heterocycles. The molecule has 2 fully saturated rings. The summed E-state index contributed by atoms with van der Waals surface area (Å²) in [6.07, 6.45) is 9.34. The van der Waals surface area contributed by atoms with Gasteiger partial charge in [0.2, 0.25) is 0 Å². The Balaban J connectivity index is 1.48. The number of hydrogen-bond donors (Lipinski definition) is 1. The van der Waals surface area contributed by atoms with Crippen LogP contribution in [-0.2, 0) is 10.2 Å². The van der Waals surface area contributed by atoms with E-state index in [2.05, 4.69) is 28.2 Å². The van der Waals surface area contributed by atoms with E-state index in [1.165, 1.54) is 0 Å². The number of aromatic nitrogens is 8. The minimum Gasteiger partial charge on any atom is -0.381 e. The molecule has 6 heterocycles. The molecular weight excluding hydrogens is 428 g/mol. The number of H-pyrrole nitrogens is 1. The van der Waals surface area contributed by atoms with Crippen LogP contribution in [0, 0.1) is 19.8 Å². The summed E-state index contributed by atoms with van der Waals surface area (Å²) in [7, 11) is 0. The fraction of sp³-hybridized carbons (Fsp3) is 0.320. The average Bonchev–Trinajstić information content (AvgIpc) is 3.15. The number of nitrogens with zero attached hydrogens (tertiary/aromatic N) is 7. The second-order valence-corrected chi connectivity index (χ2v) is 9.34. The van der Waals surface area contributed by atoms with Gasteiger partial charge in [0.15, 0.2) is 5.65 Å². The molecule has 0 radical (unpaired) electrons. The topological polar surface area (TPSA) is 98.8 Å². The van der Waals surface area contributed by atoms with E-state index < -0.39 is 0 Å². The molecule has 2 atom stereocenters. The van der Waals surface area contributed by atoms with Crippen LogP contribution in [0.3, 0.4) is 0 Å². The molecule has 2 aliphatic rings. The molecule has 7 rings (SSSR count). The molecule has 170 valence electrons. The van der Waals surface area contributed by atoms with Crippen molar-refractivity contribution in [2.24, 2.45) is 5.92 Å². The third kappa shape index (κ3) is 2.73. The molecule has 1 N–H and O–H groups in total. The lowest BCUT2D eigenvalue weighted by atomic mass is 9.92. The zero-order valence-corrected chi connectivity index (χ0v) is 19.1. The summed E-state index contributed by atoms with van der Waals surface area (Å²) < 4.78 is 9.65. The number of ether oxygens (including phenoxy) is 1. The van der Waals surface area contributed by atoms with Gasteiger partial charge in [-0.25, -0.2) is 14.2 Å². The first-order chi connectivity index (χ1) is 16.7. The first kappa shape index (κ1) is 19.6. The zero-order chi connectivity index (χ0) is 22.9. The number of aromatic amines is 1. The third-order valence-electron chi connectivity index (χ3n) is 7.45. The summed E-state index contributed by atoms with van der Waals surface area (Å²) in [4.78, 5) is 9.47. The molecule has 0 spiro atoms. The van der Waals surface area contributed by atoms with Gasteiger partial charge in [0.1, 0.15) is 0 Å². The minimum absolute atomic E-state index is 0.0887. The molecular formula is C25H24N8O. The first-order valence-corrected chi connectivity index (χ1v) is 11.6. The summed E-state index contributed by atoms with van der Waals surface area (Å²) in [6, 6.07) is 8.13. The van der Waals surface area contributed by atoms with Gasteiger partial charge in [0.05, 0.1) is 58.7 Å². The smallest absolute Gasteiger partial charge is 0.165 e. The molecule has 34 heavy (non-hydrogen) atoms. The third-order valence-corrected chi connectivity index (χ3v) is 7.45. The number of aryl methyl sites for hydroxylation is 1. The van der Waals surface area contributed by atoms with E-state index >= 15 is 0 Å². The molecule has 9 heteroatoms. The van der Waals surface area contributed by atoms with Crippen molar-refractivity contribution >= 4 is 5.65 Å². The summed E-state index contributed by atoms with van der Waals surface area (Å²) >= 11 is 0. The van der Waals surface area contributed by atoms with Crippen LogP contribution in [0.25, 0.3) is 33.8 Å². The maximum Gasteiger partial charge on any atom is 0.165 e. The lowest BCUT2D eigenvalue weighted by Crippen LogP contribution is -2.23. The fourth-order valence-corrected chi connectivity index (χ4v) is 5.56. The molecule has 9 nitrogen and oxygen atoms in total. The molecule has 5 aromatic rings. The molecule has 0 aromatic carbocycles. The maximum atomic E-state index is 5.75. The molecule has 5 aromatic heterocycles. The summed E-state index contributed by atoms with van der Waals surface area (Å²) in [6.45, 7) is 5.74. The van der Waals surface area contributed by atoms with Crippen molar-refractivity contribution in [2.75, 3.05) is 13.2 Å². The molecule has 0 amide bonds. The Labute approximate surface area is 195 Å². The van der Waals surface area contributed by atoms with Crippen LogP contribution in [0.15, 0.2) is 49.1 Å². The Kier molecular flexibility index (Phi) is 4.08. The second-order valence-electron chi connectivity index (χ2n) is 9.34. The van der Waals surface area contributed by atoms with Gasteiger partial charge in [-0.1, -0.05) is 0 Å². The quantitative estimate of drug-likeness (QED) is 0.447. The highest BCUT2D eigenvalue weighted by Gasteiger charge is 2.58. The highest BCUT2D eigenvalue weighted by Crippen LogP contribution is 2.58. The van der Waals surface area contributed by atoms with E-state index in [-0.39, 0.29) is 5.41 Å². The van der Waals surface area contributed by atoms with Gasteiger partial charge in [0, 0.05) is 30.0 Å². The number of hydrogen-bond acceptors (Lipinski definition) is 6. The average molecular weight is 453 g/mol. The van der Waals surface area contributed by atoms with Gasteiger partial charge in [-0.15, -0.1) is 0 Å². The predicted octanol–water partition coefficient (Wildman–Crippen LogP) is 3.66. The van der Waals surface area contributed by atoms with Crippen molar-refractivity contribution in [2.45, 2.75) is 32.1 Å². The van der Waals surface area contributed by atoms with Crippen molar-refractivity contribution in [3.63, 3.8) is 0 Å². The Morgan fingerprint density at radius 1 is 1.18 bits per heavy atom. The standard InChI is InChI=1S/C25H24N8O/c1-15-23(16(2)32(31-15)18-4-3-7-26-12-18)21-10-22(25-6-9-34-14-17(25)11-25)29-24-19(13-28-33(21)24)20-5-8-27-30-20/h3-5,7-8,10,12-13,17H,6,9,11,14H2,1-2H3,(H,27,30)/t17-,25+/m0/s1. The Hall–Kier alpha value is -3.85. The summed E-state index contributed by atoms with van der Waals surface area (Å²) in [5.41, 5.74) is 8.87. The van der Waals surface area contributed by atoms with Crippen LogP contribution >= 0.6 is 0 Å². The highest BCUT2D eigenvalue weighted by atomic mass is 16.5. The van der Waals surface area contributed by atoms with Gasteiger partial charge in [-0.2, -0.15) is 15.3 Å². The van der Waals surface area contributed by atoms with Crippen LogP contribution in [0.2, 0.25) is 0 Å². The van der Waals surface area contributed by atoms with Crippen molar-refractivity contribution in [3.8, 4) is 28.2 Å². The number of nitrogens with one attached hydrogen (secondary N) is 1. The van der Waals surface area contributed by atoms with Gasteiger partial charge in [0.25, 0.3) is 0 Å². The van der Waals surface area contributed by atoms with Crippen molar-refractivity contribution < 1.29 is 4.74 Å². The predicted molar refractivity (Wildman–Crippen MR) is 126 cm³/mol. The van der Waals surface area contributed by atoms with Crippen LogP contribution in [0.1, 0.15) is 29.9 Å². The van der Waals surface area contributed by atoms with E-state index in [0.717, 1.165) is 77.0 Å². The van der Waals surface area contributed by atoms with Crippen LogP contribution in [0.5, 0.6) is 0 Å². The summed E-state index contributed by atoms with van der Waals surface area (Å²) in [5, 5.41) is 16.9. The zero-order valence-electron chi connectivity index (χ0n) is 19.1. The van der Waals surface area contributed by atoms with E-state index in [4.69, 9.17) is 19.9 Å². The SMILES string of the molecule is Cc1nn(-c2cccnc2)c(C)c1-c1cc([C@@]23CCOC[C@@H]2C3)nc2c(-c3ccn[nH]3)cnn12. The van der Waals surface area contributed by atoms with Gasteiger partial charge >= 0.3 is 0 Å². The molecule has 0 unspecified atom stereocenters. The Bertz CT molecular complexity index is 1520. The lowest BCUT2D eigenvalue weighted by Gasteiger charge is -2.23. The van der Waals surface area contributed by atoms with E-state index in [9.17, 15) is 0 Å². The monoisotopic (exact) mass is 452 g/mol. The first-order valence-electron chi connectivity index (χ1n) is 11.6. The fourth-order valence-electron chi connectivity index (χ4n) is 5.56. The van der Waals surface area contributed by atoms with Gasteiger partial charge in [-0.3, -0.25) is 10.1 Å². The van der Waals surface area contributed by atoms with E-state index in [0.29, 0.717) is 5.92 Å². The largest absolute Gasteiger partial charge is 0.381 e. The van der Waals surface area contributed by atoms with Gasteiger partial charge in [-0.05, 0) is 56.9 Å². The maximum absolute atomic E-state index is 5.75. The van der Waals surface area contributed by atoms with E-state index in [1.807, 2.05) is 46.7 Å². The highest BCUT2D eigenvalue weighted by molar-refractivity contribution is 5.78. The second kappa shape index (κ2) is 7.07. The molecule has 1 saturated heterocycles. The van der Waals surface area contributed by atoms with Crippen molar-refractivity contribution in [1.82, 2.24) is 39.6 Å². The Morgan fingerprint density at radius 3 is 2.91 bits per heavy atom. The van der Waals surface area contributed by atoms with Crippen molar-refractivity contribution in [3.05, 3.63) is 66.1 Å². The normalized spacial score (nSPS) is 21.6. The Morgan fingerprint density at radius 2 is 2.12 bits per heavy atom. The van der Waals surface area contributed by atoms with Crippen LogP contribution in [0.4, 0.5) is 0 Å². The molecule has 0 bridgehead atoms. The van der Waals surface area contributed by atoms with Crippen molar-refractivity contribution in [1.29, 1.82) is 0 Å². The molecule has 1 aliphatic carbocycles. The number of fused-ring (bicyclic) bond motifs is 2. The van der Waals surface area contributed by atoms with Crippen LogP contribution in [-0.4, -0.2) is 52.8 Å². The summed E-state index contributed by atoms with van der Waals surface area (Å²) in [5.74, 6) is 0.530. The van der Waals surface area contributed by atoms with Gasteiger partial charge < -0.3 is 4.74 Å². The number of rotatable bonds is 4. The lowest BCUT2D eigenvalue weighted by molar-refractivity contribution is 0.0795. The van der Waals surface area contributed by atoms with Crippen LogP contribution < -0.4 is 0 Å².